The zero-order valence-corrected chi connectivity index (χ0v) is 14.5. The SMILES string of the molecule is COc1ccc(S(=O)(=O)N(Cc2cccnc2)C2CC2)cc1OC. The van der Waals surface area contributed by atoms with E-state index in [2.05, 4.69) is 4.98 Å². The second-order valence-electron chi connectivity index (χ2n) is 5.66. The van der Waals surface area contributed by atoms with Gasteiger partial charge in [-0.2, -0.15) is 4.31 Å². The molecule has 2 aromatic rings. The maximum atomic E-state index is 13.1. The van der Waals surface area contributed by atoms with E-state index in [4.69, 9.17) is 9.47 Å². The van der Waals surface area contributed by atoms with Crippen molar-refractivity contribution in [3.05, 3.63) is 48.3 Å². The number of hydrogen-bond donors (Lipinski definition) is 0. The highest BCUT2D eigenvalue weighted by Crippen LogP contribution is 2.36. The van der Waals surface area contributed by atoms with Gasteiger partial charge in [-0.1, -0.05) is 6.07 Å². The minimum atomic E-state index is -3.62. The largest absolute Gasteiger partial charge is 0.493 e. The first-order valence-electron chi connectivity index (χ1n) is 7.69. The lowest BCUT2D eigenvalue weighted by atomic mass is 10.3. The number of benzene rings is 1. The molecule has 0 unspecified atom stereocenters. The van der Waals surface area contributed by atoms with Crippen LogP contribution in [0, 0.1) is 0 Å². The van der Waals surface area contributed by atoms with Gasteiger partial charge in [0.25, 0.3) is 0 Å². The topological polar surface area (TPSA) is 68.7 Å². The first-order valence-corrected chi connectivity index (χ1v) is 9.13. The maximum Gasteiger partial charge on any atom is 0.243 e. The second-order valence-corrected chi connectivity index (χ2v) is 7.55. The molecule has 128 valence electrons. The van der Waals surface area contributed by atoms with Gasteiger partial charge in [0.15, 0.2) is 11.5 Å². The van der Waals surface area contributed by atoms with Crippen LogP contribution in [0.3, 0.4) is 0 Å². The van der Waals surface area contributed by atoms with Crippen LogP contribution in [0.25, 0.3) is 0 Å². The smallest absolute Gasteiger partial charge is 0.243 e. The molecule has 24 heavy (non-hydrogen) atoms. The highest BCUT2D eigenvalue weighted by Gasteiger charge is 2.38. The number of ether oxygens (including phenoxy) is 2. The van der Waals surface area contributed by atoms with Crippen LogP contribution in [-0.4, -0.2) is 38.0 Å². The van der Waals surface area contributed by atoms with E-state index in [1.54, 1.807) is 28.8 Å². The molecule has 1 heterocycles. The molecule has 0 bridgehead atoms. The molecule has 0 aliphatic heterocycles. The van der Waals surface area contributed by atoms with Gasteiger partial charge in [0.1, 0.15) is 0 Å². The molecular formula is C17H20N2O4S. The van der Waals surface area contributed by atoms with Crippen LogP contribution in [0.5, 0.6) is 11.5 Å². The van der Waals surface area contributed by atoms with Crippen molar-refractivity contribution >= 4 is 10.0 Å². The highest BCUT2D eigenvalue weighted by molar-refractivity contribution is 7.89. The van der Waals surface area contributed by atoms with Crippen molar-refractivity contribution in [3.8, 4) is 11.5 Å². The predicted molar refractivity (Wildman–Crippen MR) is 89.5 cm³/mol. The quantitative estimate of drug-likeness (QED) is 0.769. The Morgan fingerprint density at radius 3 is 2.50 bits per heavy atom. The van der Waals surface area contributed by atoms with Crippen molar-refractivity contribution in [1.82, 2.24) is 9.29 Å². The number of hydrogen-bond acceptors (Lipinski definition) is 5. The van der Waals surface area contributed by atoms with Crippen molar-refractivity contribution in [2.45, 2.75) is 30.3 Å². The number of aromatic nitrogens is 1. The lowest BCUT2D eigenvalue weighted by Crippen LogP contribution is -2.32. The Morgan fingerprint density at radius 2 is 1.92 bits per heavy atom. The molecule has 0 radical (unpaired) electrons. The number of sulfonamides is 1. The lowest BCUT2D eigenvalue weighted by molar-refractivity contribution is 0.353. The molecule has 7 heteroatoms. The molecular weight excluding hydrogens is 328 g/mol. The first-order chi connectivity index (χ1) is 11.6. The molecule has 0 spiro atoms. The normalized spacial score (nSPS) is 14.6. The minimum absolute atomic E-state index is 0.0447. The van der Waals surface area contributed by atoms with E-state index in [0.717, 1.165) is 18.4 Å². The van der Waals surface area contributed by atoms with Gasteiger partial charge in [0, 0.05) is 31.0 Å². The van der Waals surface area contributed by atoms with Gasteiger partial charge in [-0.05, 0) is 36.6 Å². The third kappa shape index (κ3) is 3.37. The molecule has 0 saturated heterocycles. The third-order valence-electron chi connectivity index (χ3n) is 3.98. The fourth-order valence-electron chi connectivity index (χ4n) is 2.56. The fourth-order valence-corrected chi connectivity index (χ4v) is 4.25. The average Bonchev–Trinajstić information content (AvgIpc) is 3.44. The van der Waals surface area contributed by atoms with Crippen molar-refractivity contribution in [2.24, 2.45) is 0 Å². The summed E-state index contributed by atoms with van der Waals surface area (Å²) in [6.45, 7) is 0.315. The molecule has 1 aromatic carbocycles. The summed E-state index contributed by atoms with van der Waals surface area (Å²) < 4.78 is 38.1. The molecule has 0 atom stereocenters. The van der Waals surface area contributed by atoms with Gasteiger partial charge in [-0.15, -0.1) is 0 Å². The Bertz CT molecular complexity index is 805. The van der Waals surface area contributed by atoms with Gasteiger partial charge in [-0.25, -0.2) is 8.42 Å². The fraction of sp³-hybridized carbons (Fsp3) is 0.353. The zero-order chi connectivity index (χ0) is 17.2. The summed E-state index contributed by atoms with van der Waals surface area (Å²) in [5.74, 6) is 0.900. The molecule has 1 saturated carbocycles. The molecule has 1 aromatic heterocycles. The van der Waals surface area contributed by atoms with Gasteiger partial charge in [-0.3, -0.25) is 4.98 Å². The van der Waals surface area contributed by atoms with E-state index in [0.29, 0.717) is 18.0 Å². The number of nitrogens with zero attached hydrogens (tertiary/aromatic N) is 2. The molecule has 0 N–H and O–H groups in total. The van der Waals surface area contributed by atoms with Gasteiger partial charge in [0.05, 0.1) is 19.1 Å². The van der Waals surface area contributed by atoms with E-state index in [1.165, 1.54) is 20.3 Å². The Kier molecular flexibility index (Phi) is 4.73. The van der Waals surface area contributed by atoms with Crippen LogP contribution >= 0.6 is 0 Å². The third-order valence-corrected chi connectivity index (χ3v) is 5.87. The Hall–Kier alpha value is -2.12. The van der Waals surface area contributed by atoms with Crippen molar-refractivity contribution in [1.29, 1.82) is 0 Å². The summed E-state index contributed by atoms with van der Waals surface area (Å²) in [5.41, 5.74) is 0.869. The molecule has 1 fully saturated rings. The van der Waals surface area contributed by atoms with Crippen LogP contribution in [0.4, 0.5) is 0 Å². The Morgan fingerprint density at radius 1 is 1.17 bits per heavy atom. The summed E-state index contributed by atoms with van der Waals surface area (Å²) in [4.78, 5) is 4.27. The van der Waals surface area contributed by atoms with E-state index in [1.807, 2.05) is 12.1 Å². The van der Waals surface area contributed by atoms with Gasteiger partial charge >= 0.3 is 0 Å². The van der Waals surface area contributed by atoms with Crippen LogP contribution in [0.15, 0.2) is 47.6 Å². The van der Waals surface area contributed by atoms with Gasteiger partial charge < -0.3 is 9.47 Å². The summed E-state index contributed by atoms with van der Waals surface area (Å²) in [6.07, 6.45) is 5.13. The molecule has 1 aliphatic rings. The zero-order valence-electron chi connectivity index (χ0n) is 13.7. The highest BCUT2D eigenvalue weighted by atomic mass is 32.2. The molecule has 0 amide bonds. The minimum Gasteiger partial charge on any atom is -0.493 e. The monoisotopic (exact) mass is 348 g/mol. The van der Waals surface area contributed by atoms with Crippen LogP contribution < -0.4 is 9.47 Å². The number of rotatable bonds is 7. The lowest BCUT2D eigenvalue weighted by Gasteiger charge is -2.22. The van der Waals surface area contributed by atoms with Crippen LogP contribution in [0.2, 0.25) is 0 Å². The Balaban J connectivity index is 1.94. The first kappa shape index (κ1) is 16.7. The summed E-state index contributed by atoms with van der Waals surface area (Å²) in [5, 5.41) is 0. The molecule has 6 nitrogen and oxygen atoms in total. The summed E-state index contributed by atoms with van der Waals surface area (Å²) in [6, 6.07) is 8.40. The van der Waals surface area contributed by atoms with E-state index in [9.17, 15) is 8.42 Å². The standard InChI is InChI=1S/C17H20N2O4S/c1-22-16-8-7-15(10-17(16)23-2)24(20,21)19(14-5-6-14)12-13-4-3-9-18-11-13/h3-4,7-11,14H,5-6,12H2,1-2H3. The van der Waals surface area contributed by atoms with Crippen LogP contribution in [0.1, 0.15) is 18.4 Å². The van der Waals surface area contributed by atoms with Crippen LogP contribution in [-0.2, 0) is 16.6 Å². The van der Waals surface area contributed by atoms with E-state index >= 15 is 0 Å². The summed E-state index contributed by atoms with van der Waals surface area (Å²) in [7, 11) is -0.616. The van der Waals surface area contributed by atoms with Crippen molar-refractivity contribution < 1.29 is 17.9 Å². The summed E-state index contributed by atoms with van der Waals surface area (Å²) >= 11 is 0. The molecule has 3 rings (SSSR count). The maximum absolute atomic E-state index is 13.1. The van der Waals surface area contributed by atoms with E-state index < -0.39 is 10.0 Å². The predicted octanol–water partition coefficient (Wildman–Crippen LogP) is 2.45. The van der Waals surface area contributed by atoms with Crippen molar-refractivity contribution in [2.75, 3.05) is 14.2 Å². The Labute approximate surface area is 142 Å². The second kappa shape index (κ2) is 6.78. The number of pyridine rings is 1. The van der Waals surface area contributed by atoms with Gasteiger partial charge in [0.2, 0.25) is 10.0 Å². The van der Waals surface area contributed by atoms with E-state index in [-0.39, 0.29) is 10.9 Å². The average molecular weight is 348 g/mol. The number of methoxy groups -OCH3 is 2. The van der Waals surface area contributed by atoms with Crippen molar-refractivity contribution in [3.63, 3.8) is 0 Å². The molecule has 1 aliphatic carbocycles.